The van der Waals surface area contributed by atoms with Crippen LogP contribution >= 0.6 is 20.8 Å². The van der Waals surface area contributed by atoms with Gasteiger partial charge < -0.3 is 0 Å². The third kappa shape index (κ3) is 6.41. The van der Waals surface area contributed by atoms with E-state index in [1.54, 1.807) is 7.11 Å². The van der Waals surface area contributed by atoms with E-state index in [4.69, 9.17) is 9.73 Å². The van der Waals surface area contributed by atoms with Crippen molar-refractivity contribution in [2.24, 2.45) is 4.99 Å². The average Bonchev–Trinajstić information content (AvgIpc) is 2.80. The molecule has 0 spiro atoms. The Labute approximate surface area is 192 Å². The van der Waals surface area contributed by atoms with Gasteiger partial charge in [-0.25, -0.2) is 0 Å². The van der Waals surface area contributed by atoms with Crippen molar-refractivity contribution in [1.29, 1.82) is 0 Å². The van der Waals surface area contributed by atoms with Crippen molar-refractivity contribution >= 4 is 38.0 Å². The zero-order valence-corrected chi connectivity index (χ0v) is 21.7. The van der Waals surface area contributed by atoms with Gasteiger partial charge in [0.25, 0.3) is 0 Å². The van der Waals surface area contributed by atoms with Gasteiger partial charge in [0.1, 0.15) is 0 Å². The molecule has 4 heteroatoms. The molecule has 0 aromatic heterocycles. The van der Waals surface area contributed by atoms with Gasteiger partial charge in [-0.15, -0.1) is 0 Å². The van der Waals surface area contributed by atoms with Crippen molar-refractivity contribution in [3.63, 3.8) is 0 Å². The Bertz CT molecular complexity index is 778. The third-order valence-corrected chi connectivity index (χ3v) is 16.0. The Kier molecular flexibility index (Phi) is 10.0. The van der Waals surface area contributed by atoms with Gasteiger partial charge in [-0.3, -0.25) is 0 Å². The first kappa shape index (κ1) is 25.1. The summed E-state index contributed by atoms with van der Waals surface area (Å²) in [5.74, 6) is 0.860. The number of hydrogen-bond acceptors (Lipinski definition) is 2. The van der Waals surface area contributed by atoms with E-state index in [0.717, 1.165) is 11.4 Å². The Morgan fingerprint density at radius 2 is 1.37 bits per heavy atom. The fourth-order valence-corrected chi connectivity index (χ4v) is 13.2. The summed E-state index contributed by atoms with van der Waals surface area (Å²) in [4.78, 5) is 4.82. The van der Waals surface area contributed by atoms with Crippen LogP contribution in [0.15, 0.2) is 53.5 Å². The van der Waals surface area contributed by atoms with Gasteiger partial charge in [0.2, 0.25) is 0 Å². The molecule has 0 saturated heterocycles. The molecule has 0 fully saturated rings. The molecule has 0 unspecified atom stereocenters. The second-order valence-electron chi connectivity index (χ2n) is 8.33. The van der Waals surface area contributed by atoms with Crippen LogP contribution in [0.1, 0.15) is 64.9 Å². The van der Waals surface area contributed by atoms with E-state index in [2.05, 4.69) is 66.7 Å². The average molecular weight is 492 g/mol. The topological polar surface area (TPSA) is 21.6 Å². The maximum atomic E-state index is 5.27. The van der Waals surface area contributed by atoms with Crippen molar-refractivity contribution in [3.8, 4) is 5.75 Å². The fraction of sp³-hybridized carbons (Fsp3) is 0.500. The Hall–Kier alpha value is -1.18. The molecule has 0 amide bonds. The summed E-state index contributed by atoms with van der Waals surface area (Å²) >= 11 is 4.55. The summed E-state index contributed by atoms with van der Waals surface area (Å²) in [5, 5.41) is -0.709. The van der Waals surface area contributed by atoms with Crippen molar-refractivity contribution in [1.82, 2.24) is 0 Å². The molecule has 2 nitrogen and oxygen atoms in total. The molecular formula is C26H39BrNOP. The van der Waals surface area contributed by atoms with E-state index in [1.807, 2.05) is 24.3 Å². The van der Waals surface area contributed by atoms with E-state index in [9.17, 15) is 0 Å². The SMILES string of the molecule is CCCCP(Br)(CCCC)(CCCC)c1ccccc1C=Nc1ccc(OC)cc1. The van der Waals surface area contributed by atoms with Gasteiger partial charge in [-0.2, -0.15) is 0 Å². The number of rotatable bonds is 13. The molecular weight excluding hydrogens is 453 g/mol. The molecule has 0 aliphatic carbocycles. The molecule has 0 aliphatic heterocycles. The summed E-state index contributed by atoms with van der Waals surface area (Å²) in [7, 11) is 1.69. The molecule has 0 radical (unpaired) electrons. The van der Waals surface area contributed by atoms with E-state index < -0.39 is 5.31 Å². The second-order valence-corrected chi connectivity index (χ2v) is 18.9. The summed E-state index contributed by atoms with van der Waals surface area (Å²) in [5.41, 5.74) is 2.22. The predicted octanol–water partition coefficient (Wildman–Crippen LogP) is 8.33. The minimum absolute atomic E-state index is 0.860. The van der Waals surface area contributed by atoms with Crippen molar-refractivity contribution in [3.05, 3.63) is 54.1 Å². The summed E-state index contributed by atoms with van der Waals surface area (Å²) in [6.07, 6.45) is 13.5. The third-order valence-electron chi connectivity index (χ3n) is 6.04. The number of halogens is 1. The quantitative estimate of drug-likeness (QED) is 0.203. The van der Waals surface area contributed by atoms with Crippen LogP contribution < -0.4 is 10.0 Å². The maximum absolute atomic E-state index is 5.27. The molecule has 2 aromatic rings. The van der Waals surface area contributed by atoms with Crippen LogP contribution in [0.5, 0.6) is 5.75 Å². The fourth-order valence-electron chi connectivity index (χ4n) is 4.18. The Balaban J connectivity index is 2.50. The zero-order valence-electron chi connectivity index (χ0n) is 19.2. The van der Waals surface area contributed by atoms with Gasteiger partial charge in [-0.1, -0.05) is 0 Å². The van der Waals surface area contributed by atoms with Crippen LogP contribution in [0.3, 0.4) is 0 Å². The normalized spacial score (nSPS) is 13.3. The van der Waals surface area contributed by atoms with E-state index >= 15 is 0 Å². The van der Waals surface area contributed by atoms with Crippen LogP contribution in [-0.2, 0) is 0 Å². The second kappa shape index (κ2) is 12.0. The van der Waals surface area contributed by atoms with E-state index in [-0.39, 0.29) is 0 Å². The molecule has 0 aliphatic rings. The number of unbranched alkanes of at least 4 members (excludes halogenated alkanes) is 3. The van der Waals surface area contributed by atoms with Gasteiger partial charge in [-0.05, 0) is 0 Å². The number of nitrogens with zero attached hydrogens (tertiary/aromatic N) is 1. The van der Waals surface area contributed by atoms with Gasteiger partial charge >= 0.3 is 192 Å². The monoisotopic (exact) mass is 491 g/mol. The van der Waals surface area contributed by atoms with Gasteiger partial charge in [0.05, 0.1) is 0 Å². The van der Waals surface area contributed by atoms with Crippen molar-refractivity contribution in [2.75, 3.05) is 25.6 Å². The number of methoxy groups -OCH3 is 1. The Morgan fingerprint density at radius 1 is 0.833 bits per heavy atom. The molecule has 30 heavy (non-hydrogen) atoms. The first-order valence-electron chi connectivity index (χ1n) is 11.5. The predicted molar refractivity (Wildman–Crippen MR) is 141 cm³/mol. The van der Waals surface area contributed by atoms with E-state index in [1.165, 1.54) is 67.9 Å². The van der Waals surface area contributed by atoms with E-state index in [0.29, 0.717) is 0 Å². The van der Waals surface area contributed by atoms with Crippen molar-refractivity contribution in [2.45, 2.75) is 59.3 Å². The zero-order chi connectivity index (χ0) is 21.9. The first-order chi connectivity index (χ1) is 14.5. The number of benzene rings is 2. The van der Waals surface area contributed by atoms with Crippen LogP contribution in [0, 0.1) is 0 Å². The van der Waals surface area contributed by atoms with Crippen LogP contribution in [0.25, 0.3) is 0 Å². The minimum atomic E-state index is -2.23. The first-order valence-corrected chi connectivity index (χ1v) is 16.3. The summed E-state index contributed by atoms with van der Waals surface area (Å²) < 4.78 is 5.27. The molecule has 2 rings (SSSR count). The molecule has 0 bridgehead atoms. The molecule has 0 N–H and O–H groups in total. The summed E-state index contributed by atoms with van der Waals surface area (Å²) in [6, 6.07) is 16.9. The van der Waals surface area contributed by atoms with Crippen molar-refractivity contribution < 1.29 is 4.74 Å². The standard InChI is InChI=1S/C26H39BrNOP/c1-5-8-19-30(27,20-9-6-2,21-10-7-3)26-14-12-11-13-23(26)22-28-24-15-17-25(29-4)18-16-24/h11-18,22H,5-10,19-21H2,1-4H3. The number of ether oxygens (including phenoxy) is 1. The van der Waals surface area contributed by atoms with Crippen LogP contribution in [-0.4, -0.2) is 31.8 Å². The molecule has 166 valence electrons. The molecule has 0 heterocycles. The van der Waals surface area contributed by atoms with Crippen LogP contribution in [0.2, 0.25) is 0 Å². The Morgan fingerprint density at radius 3 is 1.87 bits per heavy atom. The van der Waals surface area contributed by atoms with Gasteiger partial charge in [0, 0.05) is 0 Å². The molecule has 0 saturated carbocycles. The molecule has 0 atom stereocenters. The summed E-state index contributed by atoms with van der Waals surface area (Å²) in [6.45, 7) is 6.93. The van der Waals surface area contributed by atoms with Crippen LogP contribution in [0.4, 0.5) is 5.69 Å². The number of hydrogen-bond donors (Lipinski definition) is 0. The number of aliphatic imine (C=N–C) groups is 1. The molecule has 2 aromatic carbocycles. The van der Waals surface area contributed by atoms with Gasteiger partial charge in [0.15, 0.2) is 0 Å².